The minimum Gasteiger partial charge on any atom is -0.456 e. The van der Waals surface area contributed by atoms with Gasteiger partial charge in [0, 0.05) is 11.4 Å². The lowest BCUT2D eigenvalue weighted by atomic mass is 9.75. The SMILES string of the molecule is Cc1ccc2oc(C3=CC(N)CC(C)(C)C3)cc2c1. The van der Waals surface area contributed by atoms with Crippen molar-refractivity contribution in [3.8, 4) is 0 Å². The highest BCUT2D eigenvalue weighted by Crippen LogP contribution is 2.40. The number of fused-ring (bicyclic) bond motifs is 1. The van der Waals surface area contributed by atoms with Crippen LogP contribution >= 0.6 is 0 Å². The normalized spacial score (nSPS) is 22.5. The minimum absolute atomic E-state index is 0.133. The van der Waals surface area contributed by atoms with E-state index in [1.54, 1.807) is 0 Å². The molecule has 1 aromatic heterocycles. The summed E-state index contributed by atoms with van der Waals surface area (Å²) in [5, 5.41) is 1.17. The fourth-order valence-corrected chi connectivity index (χ4v) is 3.09. The maximum atomic E-state index is 6.14. The highest BCUT2D eigenvalue weighted by molar-refractivity contribution is 5.82. The highest BCUT2D eigenvalue weighted by atomic mass is 16.3. The summed E-state index contributed by atoms with van der Waals surface area (Å²) in [7, 11) is 0. The van der Waals surface area contributed by atoms with Crippen LogP contribution in [0.4, 0.5) is 0 Å². The van der Waals surface area contributed by atoms with Gasteiger partial charge in [-0.1, -0.05) is 31.6 Å². The molecule has 0 radical (unpaired) electrons. The molecule has 0 spiro atoms. The summed E-state index contributed by atoms with van der Waals surface area (Å²) in [5.41, 5.74) is 9.85. The van der Waals surface area contributed by atoms with E-state index in [9.17, 15) is 0 Å². The predicted molar refractivity (Wildman–Crippen MR) is 79.9 cm³/mol. The smallest absolute Gasteiger partial charge is 0.134 e. The van der Waals surface area contributed by atoms with Crippen molar-refractivity contribution < 1.29 is 4.42 Å². The first-order chi connectivity index (χ1) is 8.93. The number of nitrogens with two attached hydrogens (primary N) is 1. The van der Waals surface area contributed by atoms with Crippen molar-refractivity contribution in [2.75, 3.05) is 0 Å². The van der Waals surface area contributed by atoms with E-state index in [0.717, 1.165) is 24.2 Å². The van der Waals surface area contributed by atoms with E-state index >= 15 is 0 Å². The van der Waals surface area contributed by atoms with Crippen LogP contribution in [0.5, 0.6) is 0 Å². The standard InChI is InChI=1S/C17H21NO/c1-11-4-5-15-12(6-11)8-16(19-15)13-7-14(18)10-17(2,3)9-13/h4-8,14H,9-10,18H2,1-3H3. The third-order valence-corrected chi connectivity index (χ3v) is 3.86. The van der Waals surface area contributed by atoms with Crippen LogP contribution in [0.2, 0.25) is 0 Å². The molecular weight excluding hydrogens is 234 g/mol. The Morgan fingerprint density at radius 2 is 2.05 bits per heavy atom. The summed E-state index contributed by atoms with van der Waals surface area (Å²) in [6, 6.07) is 8.57. The Hall–Kier alpha value is -1.54. The van der Waals surface area contributed by atoms with Gasteiger partial charge in [0.25, 0.3) is 0 Å². The van der Waals surface area contributed by atoms with Crippen molar-refractivity contribution in [3.63, 3.8) is 0 Å². The van der Waals surface area contributed by atoms with Gasteiger partial charge in [0.1, 0.15) is 11.3 Å². The number of allylic oxidation sites excluding steroid dienone is 1. The van der Waals surface area contributed by atoms with Gasteiger partial charge < -0.3 is 10.2 Å². The Balaban J connectivity index is 2.04. The molecule has 1 heterocycles. The topological polar surface area (TPSA) is 39.2 Å². The van der Waals surface area contributed by atoms with Crippen molar-refractivity contribution >= 4 is 16.5 Å². The molecule has 19 heavy (non-hydrogen) atoms. The zero-order valence-electron chi connectivity index (χ0n) is 11.9. The molecule has 0 fully saturated rings. The Labute approximate surface area is 114 Å². The zero-order valence-corrected chi connectivity index (χ0v) is 11.9. The van der Waals surface area contributed by atoms with Gasteiger partial charge in [-0.15, -0.1) is 0 Å². The number of rotatable bonds is 1. The Morgan fingerprint density at radius 1 is 1.26 bits per heavy atom. The van der Waals surface area contributed by atoms with Crippen LogP contribution in [0.25, 0.3) is 16.5 Å². The zero-order chi connectivity index (χ0) is 13.6. The lowest BCUT2D eigenvalue weighted by molar-refractivity contribution is 0.316. The summed E-state index contributed by atoms with van der Waals surface area (Å²) in [4.78, 5) is 0. The van der Waals surface area contributed by atoms with Crippen LogP contribution < -0.4 is 5.73 Å². The second kappa shape index (κ2) is 4.24. The van der Waals surface area contributed by atoms with Crippen LogP contribution in [-0.4, -0.2) is 6.04 Å². The lowest BCUT2D eigenvalue weighted by Crippen LogP contribution is -2.30. The molecule has 0 saturated heterocycles. The Morgan fingerprint density at radius 3 is 2.79 bits per heavy atom. The molecule has 3 rings (SSSR count). The minimum atomic E-state index is 0.133. The maximum Gasteiger partial charge on any atom is 0.134 e. The van der Waals surface area contributed by atoms with Crippen LogP contribution in [-0.2, 0) is 0 Å². The average molecular weight is 255 g/mol. The molecular formula is C17H21NO. The third-order valence-electron chi connectivity index (χ3n) is 3.86. The number of hydrogen-bond donors (Lipinski definition) is 1. The van der Waals surface area contributed by atoms with E-state index in [1.807, 2.05) is 6.07 Å². The van der Waals surface area contributed by atoms with E-state index in [1.165, 1.54) is 16.5 Å². The molecule has 0 saturated carbocycles. The fraction of sp³-hybridized carbons (Fsp3) is 0.412. The van der Waals surface area contributed by atoms with Crippen LogP contribution in [0, 0.1) is 12.3 Å². The van der Waals surface area contributed by atoms with Crippen LogP contribution in [0.15, 0.2) is 34.8 Å². The Kier molecular flexibility index (Phi) is 2.79. The molecule has 2 aromatic rings. The molecule has 1 aromatic carbocycles. The van der Waals surface area contributed by atoms with Gasteiger partial charge in [-0.25, -0.2) is 0 Å². The van der Waals surface area contributed by atoms with E-state index < -0.39 is 0 Å². The van der Waals surface area contributed by atoms with Crippen molar-refractivity contribution in [2.45, 2.75) is 39.7 Å². The van der Waals surface area contributed by atoms with Gasteiger partial charge in [0.2, 0.25) is 0 Å². The summed E-state index contributed by atoms with van der Waals surface area (Å²) in [5.74, 6) is 0.976. The van der Waals surface area contributed by atoms with E-state index in [4.69, 9.17) is 10.2 Å². The summed E-state index contributed by atoms with van der Waals surface area (Å²) in [6.07, 6.45) is 4.23. The first kappa shape index (κ1) is 12.5. The number of aryl methyl sites for hydroxylation is 1. The number of benzene rings is 1. The molecule has 2 heteroatoms. The molecule has 0 amide bonds. The summed E-state index contributed by atoms with van der Waals surface area (Å²) < 4.78 is 5.98. The van der Waals surface area contributed by atoms with Gasteiger partial charge >= 0.3 is 0 Å². The predicted octanol–water partition coefficient (Wildman–Crippen LogP) is 4.27. The van der Waals surface area contributed by atoms with Gasteiger partial charge in [-0.05, 0) is 49.0 Å². The quantitative estimate of drug-likeness (QED) is 0.826. The summed E-state index contributed by atoms with van der Waals surface area (Å²) in [6.45, 7) is 6.64. The molecule has 2 nitrogen and oxygen atoms in total. The largest absolute Gasteiger partial charge is 0.456 e. The van der Waals surface area contributed by atoms with Crippen molar-refractivity contribution in [1.82, 2.24) is 0 Å². The molecule has 0 aliphatic heterocycles. The fourth-order valence-electron chi connectivity index (χ4n) is 3.09. The van der Waals surface area contributed by atoms with E-state index in [2.05, 4.69) is 45.0 Å². The number of furan rings is 1. The van der Waals surface area contributed by atoms with Crippen molar-refractivity contribution in [2.24, 2.45) is 11.1 Å². The van der Waals surface area contributed by atoms with Crippen LogP contribution in [0.3, 0.4) is 0 Å². The van der Waals surface area contributed by atoms with Crippen LogP contribution in [0.1, 0.15) is 38.0 Å². The second-order valence-corrected chi connectivity index (χ2v) is 6.55. The van der Waals surface area contributed by atoms with Gasteiger partial charge in [0.15, 0.2) is 0 Å². The molecule has 1 aliphatic carbocycles. The van der Waals surface area contributed by atoms with Gasteiger partial charge in [-0.2, -0.15) is 0 Å². The first-order valence-corrected chi connectivity index (χ1v) is 6.90. The number of hydrogen-bond acceptors (Lipinski definition) is 2. The Bertz CT molecular complexity index is 648. The molecule has 100 valence electrons. The molecule has 1 aliphatic rings. The second-order valence-electron chi connectivity index (χ2n) is 6.55. The molecule has 1 atom stereocenters. The van der Waals surface area contributed by atoms with Crippen molar-refractivity contribution in [1.29, 1.82) is 0 Å². The summed E-state index contributed by atoms with van der Waals surface area (Å²) >= 11 is 0. The molecule has 0 bridgehead atoms. The van der Waals surface area contributed by atoms with Crippen molar-refractivity contribution in [3.05, 3.63) is 41.7 Å². The van der Waals surface area contributed by atoms with Gasteiger partial charge in [-0.3, -0.25) is 0 Å². The third kappa shape index (κ3) is 2.45. The molecule has 1 unspecified atom stereocenters. The average Bonchev–Trinajstić information content (AvgIpc) is 2.69. The van der Waals surface area contributed by atoms with E-state index in [-0.39, 0.29) is 11.5 Å². The van der Waals surface area contributed by atoms with E-state index in [0.29, 0.717) is 0 Å². The molecule has 2 N–H and O–H groups in total. The highest BCUT2D eigenvalue weighted by Gasteiger charge is 2.28. The maximum absolute atomic E-state index is 6.14. The van der Waals surface area contributed by atoms with Gasteiger partial charge in [0.05, 0.1) is 0 Å². The first-order valence-electron chi connectivity index (χ1n) is 6.90. The lowest BCUT2D eigenvalue weighted by Gasteiger charge is -2.32. The monoisotopic (exact) mass is 255 g/mol.